The molecule has 2 aliphatic rings. The first-order chi connectivity index (χ1) is 16.9. The van der Waals surface area contributed by atoms with Crippen LogP contribution in [0.3, 0.4) is 0 Å². The van der Waals surface area contributed by atoms with Crippen molar-refractivity contribution in [2.45, 2.75) is 31.3 Å². The molecule has 0 bridgehead atoms. The summed E-state index contributed by atoms with van der Waals surface area (Å²) in [5, 5.41) is 3.54. The Balaban J connectivity index is 1.38. The molecule has 2 fully saturated rings. The number of nitrogens with zero attached hydrogens (tertiary/aromatic N) is 2. The number of hydrogen-bond donors (Lipinski definition) is 1. The maximum Gasteiger partial charge on any atom is 0.325 e. The number of ether oxygens (including phenoxy) is 2. The molecular formula is C26H27N3O6. The molecule has 0 saturated carbocycles. The lowest BCUT2D eigenvalue weighted by Crippen LogP contribution is -2.44. The van der Waals surface area contributed by atoms with Crippen molar-refractivity contribution in [3.8, 4) is 11.5 Å². The van der Waals surface area contributed by atoms with Crippen molar-refractivity contribution < 1.29 is 28.3 Å². The summed E-state index contributed by atoms with van der Waals surface area (Å²) in [6.45, 7) is 1.76. The van der Waals surface area contributed by atoms with E-state index < -0.39 is 17.5 Å². The lowest BCUT2D eigenvalue weighted by molar-refractivity contribution is -0.139. The highest BCUT2D eigenvalue weighted by Gasteiger charge is 2.52. The minimum absolute atomic E-state index is 0.241. The fraction of sp³-hybridized carbons (Fsp3) is 0.346. The fourth-order valence-electron chi connectivity index (χ4n) is 4.95. The Kier molecular flexibility index (Phi) is 5.62. The minimum Gasteiger partial charge on any atom is -0.497 e. The molecule has 3 heterocycles. The van der Waals surface area contributed by atoms with Crippen molar-refractivity contribution in [2.24, 2.45) is 0 Å². The third kappa shape index (κ3) is 3.77. The number of benzene rings is 2. The van der Waals surface area contributed by atoms with Crippen LogP contribution in [0.15, 0.2) is 52.9 Å². The van der Waals surface area contributed by atoms with Gasteiger partial charge in [-0.1, -0.05) is 18.2 Å². The third-order valence-electron chi connectivity index (χ3n) is 6.86. The van der Waals surface area contributed by atoms with Gasteiger partial charge in [-0.15, -0.1) is 0 Å². The largest absolute Gasteiger partial charge is 0.497 e. The quantitative estimate of drug-likeness (QED) is 0.545. The summed E-state index contributed by atoms with van der Waals surface area (Å²) in [6.07, 6.45) is 1.54. The number of carbonyl (C=O) groups excluding carboxylic acids is 3. The lowest BCUT2D eigenvalue weighted by atomic mass is 9.99. The van der Waals surface area contributed by atoms with Crippen LogP contribution in [0.1, 0.15) is 37.1 Å². The number of methoxy groups -OCH3 is 2. The van der Waals surface area contributed by atoms with E-state index in [1.807, 2.05) is 30.3 Å². The van der Waals surface area contributed by atoms with Gasteiger partial charge in [-0.25, -0.2) is 4.79 Å². The molecular weight excluding hydrogens is 450 g/mol. The van der Waals surface area contributed by atoms with Crippen LogP contribution < -0.4 is 14.8 Å². The molecule has 9 heteroatoms. The molecule has 1 N–H and O–H groups in total. The van der Waals surface area contributed by atoms with E-state index in [9.17, 15) is 14.4 Å². The van der Waals surface area contributed by atoms with Crippen LogP contribution in [0.2, 0.25) is 0 Å². The van der Waals surface area contributed by atoms with Crippen molar-refractivity contribution >= 4 is 28.8 Å². The number of fused-ring (bicyclic) bond motifs is 1. The molecule has 9 nitrogen and oxygen atoms in total. The average molecular weight is 478 g/mol. The molecule has 2 saturated heterocycles. The average Bonchev–Trinajstić information content (AvgIpc) is 3.58. The van der Waals surface area contributed by atoms with Gasteiger partial charge in [-0.3, -0.25) is 14.5 Å². The molecule has 0 radical (unpaired) electrons. The highest BCUT2D eigenvalue weighted by Crippen LogP contribution is 2.39. The second-order valence-corrected chi connectivity index (χ2v) is 8.95. The van der Waals surface area contributed by atoms with Gasteiger partial charge < -0.3 is 24.1 Å². The number of urea groups is 1. The predicted molar refractivity (Wildman–Crippen MR) is 127 cm³/mol. The molecule has 2 aliphatic heterocycles. The zero-order chi connectivity index (χ0) is 24.7. The van der Waals surface area contributed by atoms with Gasteiger partial charge in [0.1, 0.15) is 29.4 Å². The van der Waals surface area contributed by atoms with Crippen LogP contribution in [0, 0.1) is 0 Å². The van der Waals surface area contributed by atoms with E-state index in [-0.39, 0.29) is 18.5 Å². The van der Waals surface area contributed by atoms with Gasteiger partial charge in [0.2, 0.25) is 5.91 Å². The number of likely N-dealkylation sites (tertiary alicyclic amines) is 1. The Hall–Kier alpha value is -4.01. The van der Waals surface area contributed by atoms with E-state index >= 15 is 0 Å². The first-order valence-electron chi connectivity index (χ1n) is 11.5. The SMILES string of the molecule is COc1ccc(OC)c([C@H]2CCCN2C(=O)CN2C(=O)N[C@@](C)(c3cc4ccccc4o3)C2=O)c1. The first kappa shape index (κ1) is 22.8. The molecule has 1 aromatic heterocycles. The molecule has 4 amide bonds. The number of nitrogens with one attached hydrogen (secondary N) is 1. The van der Waals surface area contributed by atoms with Gasteiger partial charge in [-0.2, -0.15) is 0 Å². The van der Waals surface area contributed by atoms with E-state index in [1.54, 1.807) is 44.2 Å². The molecule has 182 valence electrons. The molecule has 0 spiro atoms. The summed E-state index contributed by atoms with van der Waals surface area (Å²) in [6, 6.07) is 13.7. The van der Waals surface area contributed by atoms with E-state index in [1.165, 1.54) is 0 Å². The van der Waals surface area contributed by atoms with Crippen molar-refractivity contribution in [2.75, 3.05) is 27.3 Å². The van der Waals surface area contributed by atoms with Crippen LogP contribution in [0.4, 0.5) is 4.79 Å². The monoisotopic (exact) mass is 477 g/mol. The van der Waals surface area contributed by atoms with Crippen LogP contribution in [0.25, 0.3) is 11.0 Å². The topological polar surface area (TPSA) is 101 Å². The zero-order valence-electron chi connectivity index (χ0n) is 19.9. The summed E-state index contributed by atoms with van der Waals surface area (Å²) in [7, 11) is 3.17. The second kappa shape index (κ2) is 8.65. The van der Waals surface area contributed by atoms with Gasteiger partial charge in [-0.05, 0) is 50.1 Å². The Morgan fingerprint density at radius 1 is 1.14 bits per heavy atom. The van der Waals surface area contributed by atoms with Crippen molar-refractivity contribution in [3.63, 3.8) is 0 Å². The first-order valence-corrected chi connectivity index (χ1v) is 11.5. The second-order valence-electron chi connectivity index (χ2n) is 8.95. The summed E-state index contributed by atoms with van der Waals surface area (Å²) >= 11 is 0. The minimum atomic E-state index is -1.39. The van der Waals surface area contributed by atoms with E-state index in [2.05, 4.69) is 5.32 Å². The molecule has 0 aliphatic carbocycles. The Morgan fingerprint density at radius 2 is 1.94 bits per heavy atom. The van der Waals surface area contributed by atoms with Gasteiger partial charge in [0, 0.05) is 17.5 Å². The lowest BCUT2D eigenvalue weighted by Gasteiger charge is -2.28. The number of para-hydroxylation sites is 1. The van der Waals surface area contributed by atoms with Gasteiger partial charge in [0.25, 0.3) is 5.91 Å². The molecule has 2 atom stereocenters. The van der Waals surface area contributed by atoms with E-state index in [4.69, 9.17) is 13.9 Å². The number of rotatable bonds is 6. The Labute approximate surface area is 202 Å². The summed E-state index contributed by atoms with van der Waals surface area (Å²) in [5.41, 5.74) is 0.0612. The molecule has 35 heavy (non-hydrogen) atoms. The zero-order valence-corrected chi connectivity index (χ0v) is 19.9. The molecule has 2 aromatic carbocycles. The highest BCUT2D eigenvalue weighted by molar-refractivity contribution is 6.09. The smallest absolute Gasteiger partial charge is 0.325 e. The summed E-state index contributed by atoms with van der Waals surface area (Å²) < 4.78 is 16.7. The highest BCUT2D eigenvalue weighted by atomic mass is 16.5. The molecule has 5 rings (SSSR count). The normalized spacial score (nSPS) is 22.1. The number of carbonyl (C=O) groups is 3. The fourth-order valence-corrected chi connectivity index (χ4v) is 4.95. The third-order valence-corrected chi connectivity index (χ3v) is 6.86. The maximum atomic E-state index is 13.4. The summed E-state index contributed by atoms with van der Waals surface area (Å²) in [5.74, 6) is 0.810. The Bertz CT molecular complexity index is 1280. The standard InChI is InChI=1S/C26H27N3O6/c1-26(22-13-16-7-4-5-9-20(16)35-22)24(31)29(25(32)27-26)15-23(30)28-12-6-8-19(28)18-14-17(33-2)10-11-21(18)34-3/h4-5,7,9-11,13-14,19H,6,8,12,15H2,1-3H3,(H,27,32)/t19-,26+/m1/s1. The number of imide groups is 1. The Morgan fingerprint density at radius 3 is 2.69 bits per heavy atom. The number of amides is 4. The number of hydrogen-bond acceptors (Lipinski definition) is 6. The predicted octanol–water partition coefficient (Wildman–Crippen LogP) is 3.58. The molecule has 0 unspecified atom stereocenters. The van der Waals surface area contributed by atoms with Crippen molar-refractivity contribution in [3.05, 3.63) is 59.9 Å². The van der Waals surface area contributed by atoms with Crippen molar-refractivity contribution in [1.29, 1.82) is 0 Å². The van der Waals surface area contributed by atoms with E-state index in [0.717, 1.165) is 28.7 Å². The van der Waals surface area contributed by atoms with Gasteiger partial charge in [0.05, 0.1) is 20.3 Å². The van der Waals surface area contributed by atoms with Crippen molar-refractivity contribution in [1.82, 2.24) is 15.1 Å². The van der Waals surface area contributed by atoms with Crippen LogP contribution in [-0.2, 0) is 15.1 Å². The number of furan rings is 1. The van der Waals surface area contributed by atoms with E-state index in [0.29, 0.717) is 29.4 Å². The maximum absolute atomic E-state index is 13.4. The van der Waals surface area contributed by atoms with Gasteiger partial charge >= 0.3 is 6.03 Å². The van der Waals surface area contributed by atoms with Crippen LogP contribution >= 0.6 is 0 Å². The van der Waals surface area contributed by atoms with Crippen LogP contribution in [-0.4, -0.2) is 55.0 Å². The van der Waals surface area contributed by atoms with Crippen LogP contribution in [0.5, 0.6) is 11.5 Å². The summed E-state index contributed by atoms with van der Waals surface area (Å²) in [4.78, 5) is 42.2. The molecule has 3 aromatic rings. The van der Waals surface area contributed by atoms with Gasteiger partial charge in [0.15, 0.2) is 5.54 Å².